The molecule has 0 saturated carbocycles. The summed E-state index contributed by atoms with van der Waals surface area (Å²) in [5.41, 5.74) is 4.22. The second-order valence-corrected chi connectivity index (χ2v) is 8.54. The molecule has 2 atom stereocenters. The van der Waals surface area contributed by atoms with E-state index in [9.17, 15) is 4.39 Å². The molecule has 1 N–H and O–H groups in total. The van der Waals surface area contributed by atoms with E-state index >= 15 is 0 Å². The van der Waals surface area contributed by atoms with Gasteiger partial charge in [0.2, 0.25) is 0 Å². The number of thiocarbonyl (C=S) groups is 1. The van der Waals surface area contributed by atoms with Crippen LogP contribution in [0.4, 0.5) is 10.1 Å². The number of nitrogens with one attached hydrogen (secondary N) is 1. The van der Waals surface area contributed by atoms with Crippen molar-refractivity contribution in [1.29, 1.82) is 0 Å². The highest BCUT2D eigenvalue weighted by Crippen LogP contribution is 2.42. The van der Waals surface area contributed by atoms with Crippen molar-refractivity contribution in [3.05, 3.63) is 113 Å². The van der Waals surface area contributed by atoms with Crippen LogP contribution in [0.3, 0.4) is 0 Å². The van der Waals surface area contributed by atoms with Crippen molar-refractivity contribution >= 4 is 34.6 Å². The van der Waals surface area contributed by atoms with Gasteiger partial charge in [-0.3, -0.25) is 4.98 Å². The first kappa shape index (κ1) is 20.7. The maximum absolute atomic E-state index is 14.0. The minimum absolute atomic E-state index is 0.193. The van der Waals surface area contributed by atoms with Gasteiger partial charge in [0.05, 0.1) is 11.7 Å². The molecule has 0 radical (unpaired) electrons. The molecule has 7 heteroatoms. The number of anilines is 1. The van der Waals surface area contributed by atoms with Crippen molar-refractivity contribution in [3.8, 4) is 5.69 Å². The minimum atomic E-state index is -0.244. The quantitative estimate of drug-likeness (QED) is 0.369. The number of hydrogen-bond donors (Lipinski definition) is 1. The van der Waals surface area contributed by atoms with Crippen molar-refractivity contribution in [2.45, 2.75) is 19.0 Å². The minimum Gasteiger partial charge on any atom is -0.351 e. The monoisotopic (exact) mass is 462 g/mol. The van der Waals surface area contributed by atoms with Gasteiger partial charge in [0.25, 0.3) is 0 Å². The van der Waals surface area contributed by atoms with E-state index in [2.05, 4.69) is 20.9 Å². The summed E-state index contributed by atoms with van der Waals surface area (Å²) in [6.07, 6.45) is 3.78. The van der Waals surface area contributed by atoms with Gasteiger partial charge in [-0.05, 0) is 85.4 Å². The summed E-state index contributed by atoms with van der Waals surface area (Å²) in [4.78, 5) is 6.63. The van der Waals surface area contributed by atoms with E-state index in [1.54, 1.807) is 19.2 Å². The van der Waals surface area contributed by atoms with Crippen LogP contribution < -0.4 is 10.2 Å². The fourth-order valence-corrected chi connectivity index (χ4v) is 4.74. The number of benzene rings is 2. The summed E-state index contributed by atoms with van der Waals surface area (Å²) >= 11 is 12.0. The first-order valence-corrected chi connectivity index (χ1v) is 11.0. The van der Waals surface area contributed by atoms with Gasteiger partial charge in [-0.25, -0.2) is 4.39 Å². The third-order valence-electron chi connectivity index (χ3n) is 5.69. The van der Waals surface area contributed by atoms with Gasteiger partial charge in [0.15, 0.2) is 5.11 Å². The van der Waals surface area contributed by atoms with Gasteiger partial charge in [-0.15, -0.1) is 0 Å². The third kappa shape index (κ3) is 3.66. The summed E-state index contributed by atoms with van der Waals surface area (Å²) in [5.74, 6) is -0.244. The van der Waals surface area contributed by atoms with Crippen LogP contribution >= 0.6 is 23.8 Å². The maximum Gasteiger partial charge on any atom is 0.174 e. The number of pyridine rings is 1. The van der Waals surface area contributed by atoms with E-state index in [1.807, 2.05) is 65.7 Å². The lowest BCUT2D eigenvalue weighted by molar-refractivity contribution is 0.549. The zero-order valence-electron chi connectivity index (χ0n) is 17.2. The normalized spacial score (nSPS) is 18.1. The Kier molecular flexibility index (Phi) is 5.41. The predicted molar refractivity (Wildman–Crippen MR) is 130 cm³/mol. The van der Waals surface area contributed by atoms with Crippen LogP contribution in [-0.2, 0) is 0 Å². The smallest absolute Gasteiger partial charge is 0.174 e. The highest BCUT2D eigenvalue weighted by atomic mass is 35.5. The van der Waals surface area contributed by atoms with E-state index in [0.717, 1.165) is 22.8 Å². The SMILES string of the molecule is Cc1cc(N2C(=S)N[C@H](c3ccccn3)[C@@H]2c2cccn2-c2cccc(Cl)c2)ccc1F. The maximum atomic E-state index is 14.0. The number of hydrogen-bond acceptors (Lipinski definition) is 2. The summed E-state index contributed by atoms with van der Waals surface area (Å²) in [7, 11) is 0. The lowest BCUT2D eigenvalue weighted by Crippen LogP contribution is -2.30. The number of rotatable bonds is 4. The molecule has 1 aliphatic rings. The lowest BCUT2D eigenvalue weighted by Gasteiger charge is -2.29. The van der Waals surface area contributed by atoms with Crippen LogP contribution in [-0.4, -0.2) is 14.7 Å². The van der Waals surface area contributed by atoms with Gasteiger partial charge < -0.3 is 14.8 Å². The summed E-state index contributed by atoms with van der Waals surface area (Å²) in [6, 6.07) is 22.3. The van der Waals surface area contributed by atoms with E-state index < -0.39 is 0 Å². The number of aryl methyl sites for hydroxylation is 1. The zero-order valence-corrected chi connectivity index (χ0v) is 18.8. The fraction of sp³-hybridized carbons (Fsp3) is 0.120. The molecule has 0 amide bonds. The molecule has 1 aliphatic heterocycles. The Bertz CT molecular complexity index is 1290. The Morgan fingerprint density at radius 1 is 1.00 bits per heavy atom. The van der Waals surface area contributed by atoms with Crippen LogP contribution in [0, 0.1) is 12.7 Å². The van der Waals surface area contributed by atoms with Crippen LogP contribution in [0.5, 0.6) is 0 Å². The Labute approximate surface area is 196 Å². The van der Waals surface area contributed by atoms with E-state index in [0.29, 0.717) is 15.7 Å². The second-order valence-electron chi connectivity index (χ2n) is 7.71. The molecule has 5 rings (SSSR count). The molecule has 1 fully saturated rings. The Balaban J connectivity index is 1.68. The molecule has 4 aromatic rings. The molecule has 3 heterocycles. The largest absolute Gasteiger partial charge is 0.351 e. The zero-order chi connectivity index (χ0) is 22.2. The van der Waals surface area contributed by atoms with E-state index in [-0.39, 0.29) is 17.9 Å². The van der Waals surface area contributed by atoms with Crippen molar-refractivity contribution in [2.75, 3.05) is 4.90 Å². The summed E-state index contributed by atoms with van der Waals surface area (Å²) < 4.78 is 16.1. The molecule has 0 bridgehead atoms. The fourth-order valence-electron chi connectivity index (χ4n) is 4.21. The summed E-state index contributed by atoms with van der Waals surface area (Å²) in [6.45, 7) is 1.76. The molecule has 2 aromatic carbocycles. The van der Waals surface area contributed by atoms with Crippen LogP contribution in [0.15, 0.2) is 85.2 Å². The molecule has 0 aliphatic carbocycles. The molecular formula is C25H20ClFN4S. The van der Waals surface area contributed by atoms with E-state index in [4.69, 9.17) is 23.8 Å². The Morgan fingerprint density at radius 2 is 1.88 bits per heavy atom. The molecular weight excluding hydrogens is 443 g/mol. The van der Waals surface area contributed by atoms with Crippen LogP contribution in [0.2, 0.25) is 5.02 Å². The van der Waals surface area contributed by atoms with E-state index in [1.165, 1.54) is 6.07 Å². The van der Waals surface area contributed by atoms with Crippen LogP contribution in [0.25, 0.3) is 5.69 Å². The van der Waals surface area contributed by atoms with Crippen molar-refractivity contribution in [3.63, 3.8) is 0 Å². The standard InChI is InChI=1S/C25H20ClFN4S/c1-16-14-19(10-11-20(16)27)31-24(23(29-25(31)32)21-8-2-3-12-28-21)22-9-5-13-30(22)18-7-4-6-17(26)15-18/h2-15,23-24H,1H3,(H,29,32)/t23-,24+/m1/s1. The average molecular weight is 463 g/mol. The second kappa shape index (κ2) is 8.37. The molecule has 32 heavy (non-hydrogen) atoms. The Hall–Kier alpha value is -3.22. The van der Waals surface area contributed by atoms with Gasteiger partial charge in [0.1, 0.15) is 11.9 Å². The van der Waals surface area contributed by atoms with Crippen molar-refractivity contribution in [1.82, 2.24) is 14.9 Å². The van der Waals surface area contributed by atoms with Gasteiger partial charge in [-0.2, -0.15) is 0 Å². The molecule has 160 valence electrons. The summed E-state index contributed by atoms with van der Waals surface area (Å²) in [5, 5.41) is 4.67. The number of aromatic nitrogens is 2. The highest BCUT2D eigenvalue weighted by molar-refractivity contribution is 7.80. The third-order valence-corrected chi connectivity index (χ3v) is 6.24. The van der Waals surface area contributed by atoms with Gasteiger partial charge >= 0.3 is 0 Å². The number of halogens is 2. The highest BCUT2D eigenvalue weighted by Gasteiger charge is 2.42. The topological polar surface area (TPSA) is 33.1 Å². The lowest BCUT2D eigenvalue weighted by atomic mass is 10.0. The van der Waals surface area contributed by atoms with Gasteiger partial charge in [-0.1, -0.05) is 23.7 Å². The van der Waals surface area contributed by atoms with Crippen molar-refractivity contribution in [2.24, 2.45) is 0 Å². The molecule has 0 unspecified atom stereocenters. The first-order valence-electron chi connectivity index (χ1n) is 10.2. The molecule has 2 aromatic heterocycles. The average Bonchev–Trinajstić information content (AvgIpc) is 3.40. The molecule has 1 saturated heterocycles. The van der Waals surface area contributed by atoms with Crippen LogP contribution in [0.1, 0.15) is 29.0 Å². The number of nitrogens with zero attached hydrogens (tertiary/aromatic N) is 3. The van der Waals surface area contributed by atoms with Crippen molar-refractivity contribution < 1.29 is 4.39 Å². The molecule has 4 nitrogen and oxygen atoms in total. The molecule has 0 spiro atoms. The Morgan fingerprint density at radius 3 is 2.62 bits per heavy atom. The predicted octanol–water partition coefficient (Wildman–Crippen LogP) is 6.15. The first-order chi connectivity index (χ1) is 15.5. The van der Waals surface area contributed by atoms with Gasteiger partial charge in [0, 0.05) is 34.5 Å².